The molecule has 2 heterocycles. The fraction of sp³-hybridized carbons (Fsp3) is 0.455. The van der Waals surface area contributed by atoms with Crippen molar-refractivity contribution in [1.82, 2.24) is 4.90 Å². The van der Waals surface area contributed by atoms with E-state index in [0.29, 0.717) is 18.7 Å². The van der Waals surface area contributed by atoms with Gasteiger partial charge in [-0.25, -0.2) is 4.79 Å². The SMILES string of the molecule is Cc1cscc1C(=O)N1CCOC[C@H]1C(=O)O. The van der Waals surface area contributed by atoms with Crippen LogP contribution in [-0.4, -0.2) is 47.7 Å². The van der Waals surface area contributed by atoms with Gasteiger partial charge in [0.05, 0.1) is 18.8 Å². The number of ether oxygens (including phenoxy) is 1. The van der Waals surface area contributed by atoms with Crippen molar-refractivity contribution < 1.29 is 19.4 Å². The lowest BCUT2D eigenvalue weighted by molar-refractivity contribution is -0.147. The first-order valence-corrected chi connectivity index (χ1v) is 6.20. The first-order chi connectivity index (χ1) is 8.11. The van der Waals surface area contributed by atoms with Gasteiger partial charge in [0, 0.05) is 11.9 Å². The molecule has 1 fully saturated rings. The summed E-state index contributed by atoms with van der Waals surface area (Å²) in [6.07, 6.45) is 0. The Morgan fingerprint density at radius 3 is 2.88 bits per heavy atom. The number of hydrogen-bond acceptors (Lipinski definition) is 4. The third-order valence-electron chi connectivity index (χ3n) is 2.76. The van der Waals surface area contributed by atoms with E-state index in [-0.39, 0.29) is 12.5 Å². The van der Waals surface area contributed by atoms with Gasteiger partial charge < -0.3 is 14.7 Å². The van der Waals surface area contributed by atoms with E-state index in [0.717, 1.165) is 5.56 Å². The number of thiophene rings is 1. The zero-order valence-corrected chi connectivity index (χ0v) is 10.2. The summed E-state index contributed by atoms with van der Waals surface area (Å²) in [5.41, 5.74) is 1.47. The predicted octanol–water partition coefficient (Wildman–Crippen LogP) is 0.982. The van der Waals surface area contributed by atoms with E-state index in [4.69, 9.17) is 9.84 Å². The van der Waals surface area contributed by atoms with E-state index < -0.39 is 12.0 Å². The van der Waals surface area contributed by atoms with Crippen molar-refractivity contribution in [2.45, 2.75) is 13.0 Å². The number of rotatable bonds is 2. The van der Waals surface area contributed by atoms with Crippen molar-refractivity contribution >= 4 is 23.2 Å². The fourth-order valence-corrected chi connectivity index (χ4v) is 2.61. The minimum Gasteiger partial charge on any atom is -0.480 e. The van der Waals surface area contributed by atoms with Gasteiger partial charge in [0.15, 0.2) is 6.04 Å². The molecule has 1 amide bonds. The van der Waals surface area contributed by atoms with E-state index in [9.17, 15) is 9.59 Å². The van der Waals surface area contributed by atoms with Crippen LogP contribution < -0.4 is 0 Å². The van der Waals surface area contributed by atoms with Gasteiger partial charge in [-0.1, -0.05) is 0 Å². The molecular formula is C11H13NO4S. The second-order valence-electron chi connectivity index (χ2n) is 3.90. The molecule has 1 aromatic heterocycles. The second-order valence-corrected chi connectivity index (χ2v) is 4.64. The Hall–Kier alpha value is -1.40. The van der Waals surface area contributed by atoms with Crippen LogP contribution in [0.2, 0.25) is 0 Å². The molecule has 0 unspecified atom stereocenters. The van der Waals surface area contributed by atoms with E-state index in [1.165, 1.54) is 16.2 Å². The number of morpholine rings is 1. The van der Waals surface area contributed by atoms with Crippen molar-refractivity contribution in [2.75, 3.05) is 19.8 Å². The lowest BCUT2D eigenvalue weighted by atomic mass is 10.1. The molecular weight excluding hydrogens is 242 g/mol. The molecule has 0 spiro atoms. The van der Waals surface area contributed by atoms with Crippen LogP contribution in [0.3, 0.4) is 0 Å². The maximum absolute atomic E-state index is 12.2. The highest BCUT2D eigenvalue weighted by Gasteiger charge is 2.33. The van der Waals surface area contributed by atoms with Gasteiger partial charge >= 0.3 is 5.97 Å². The molecule has 1 atom stereocenters. The maximum atomic E-state index is 12.2. The minimum absolute atomic E-state index is 0.0598. The Morgan fingerprint density at radius 1 is 1.53 bits per heavy atom. The Labute approximate surface area is 103 Å². The molecule has 0 bridgehead atoms. The molecule has 0 aromatic carbocycles. The molecule has 1 saturated heterocycles. The number of carbonyl (C=O) groups excluding carboxylic acids is 1. The number of carbonyl (C=O) groups is 2. The van der Waals surface area contributed by atoms with Crippen LogP contribution in [0.15, 0.2) is 10.8 Å². The molecule has 0 saturated carbocycles. The van der Waals surface area contributed by atoms with Gasteiger partial charge in [0.1, 0.15) is 0 Å². The van der Waals surface area contributed by atoms with Crippen molar-refractivity contribution in [3.05, 3.63) is 21.9 Å². The first kappa shape index (κ1) is 12.1. The van der Waals surface area contributed by atoms with Crippen LogP contribution >= 0.6 is 11.3 Å². The van der Waals surface area contributed by atoms with E-state index in [1.807, 2.05) is 12.3 Å². The molecule has 1 aliphatic rings. The Bertz CT molecular complexity index is 442. The van der Waals surface area contributed by atoms with Crippen LogP contribution in [0.25, 0.3) is 0 Å². The molecule has 92 valence electrons. The van der Waals surface area contributed by atoms with E-state index in [1.54, 1.807) is 5.38 Å². The number of aryl methyl sites for hydroxylation is 1. The summed E-state index contributed by atoms with van der Waals surface area (Å²) in [5, 5.41) is 12.7. The van der Waals surface area contributed by atoms with Gasteiger partial charge in [-0.05, 0) is 17.9 Å². The number of aliphatic carboxylic acids is 1. The summed E-state index contributed by atoms with van der Waals surface area (Å²) in [6.45, 7) is 2.62. The molecule has 6 heteroatoms. The number of nitrogens with zero attached hydrogens (tertiary/aromatic N) is 1. The van der Waals surface area contributed by atoms with Gasteiger partial charge in [0.2, 0.25) is 0 Å². The monoisotopic (exact) mass is 255 g/mol. The molecule has 17 heavy (non-hydrogen) atoms. The smallest absolute Gasteiger partial charge is 0.328 e. The summed E-state index contributed by atoms with van der Waals surface area (Å²) in [4.78, 5) is 24.6. The highest BCUT2D eigenvalue weighted by molar-refractivity contribution is 7.08. The topological polar surface area (TPSA) is 66.8 Å². The van der Waals surface area contributed by atoms with Crippen LogP contribution in [0.4, 0.5) is 0 Å². The fourth-order valence-electron chi connectivity index (χ4n) is 1.79. The summed E-state index contributed by atoms with van der Waals surface area (Å²) < 4.78 is 5.10. The number of amides is 1. The minimum atomic E-state index is -1.02. The predicted molar refractivity (Wildman–Crippen MR) is 62.3 cm³/mol. The largest absolute Gasteiger partial charge is 0.480 e. The number of hydrogen-bond donors (Lipinski definition) is 1. The lowest BCUT2D eigenvalue weighted by Gasteiger charge is -2.32. The normalized spacial score (nSPS) is 20.3. The Balaban J connectivity index is 2.23. The molecule has 0 aliphatic carbocycles. The van der Waals surface area contributed by atoms with Crippen LogP contribution in [0.1, 0.15) is 15.9 Å². The average Bonchev–Trinajstić information content (AvgIpc) is 2.74. The van der Waals surface area contributed by atoms with Gasteiger partial charge in [0.25, 0.3) is 5.91 Å². The average molecular weight is 255 g/mol. The summed E-state index contributed by atoms with van der Waals surface area (Å²) in [6, 6.07) is -0.879. The van der Waals surface area contributed by atoms with E-state index in [2.05, 4.69) is 0 Å². The lowest BCUT2D eigenvalue weighted by Crippen LogP contribution is -2.52. The zero-order chi connectivity index (χ0) is 12.4. The molecule has 2 rings (SSSR count). The third-order valence-corrected chi connectivity index (χ3v) is 3.62. The van der Waals surface area contributed by atoms with Crippen molar-refractivity contribution in [2.24, 2.45) is 0 Å². The second kappa shape index (κ2) is 4.85. The molecule has 1 aliphatic heterocycles. The third kappa shape index (κ3) is 2.32. The van der Waals surface area contributed by atoms with Crippen molar-refractivity contribution in [3.63, 3.8) is 0 Å². The zero-order valence-electron chi connectivity index (χ0n) is 9.38. The molecule has 1 aromatic rings. The summed E-state index contributed by atoms with van der Waals surface area (Å²) >= 11 is 1.44. The molecule has 0 radical (unpaired) electrons. The van der Waals surface area contributed by atoms with Crippen LogP contribution in [-0.2, 0) is 9.53 Å². The molecule has 1 N–H and O–H groups in total. The van der Waals surface area contributed by atoms with Gasteiger partial charge in [-0.3, -0.25) is 4.79 Å². The standard InChI is InChI=1S/C11H13NO4S/c1-7-5-17-6-8(7)10(13)12-2-3-16-4-9(12)11(14)15/h5-6,9H,2-4H2,1H3,(H,14,15)/t9-/m0/s1. The first-order valence-electron chi connectivity index (χ1n) is 5.25. The Morgan fingerprint density at radius 2 is 2.29 bits per heavy atom. The van der Waals surface area contributed by atoms with Crippen LogP contribution in [0, 0.1) is 6.92 Å². The van der Waals surface area contributed by atoms with Gasteiger partial charge in [-0.15, -0.1) is 0 Å². The highest BCUT2D eigenvalue weighted by atomic mass is 32.1. The van der Waals surface area contributed by atoms with E-state index >= 15 is 0 Å². The maximum Gasteiger partial charge on any atom is 0.328 e. The summed E-state index contributed by atoms with van der Waals surface area (Å²) in [5.74, 6) is -1.25. The van der Waals surface area contributed by atoms with Crippen molar-refractivity contribution in [1.29, 1.82) is 0 Å². The quantitative estimate of drug-likeness (QED) is 0.855. The number of carboxylic acids is 1. The van der Waals surface area contributed by atoms with Gasteiger partial charge in [-0.2, -0.15) is 11.3 Å². The highest BCUT2D eigenvalue weighted by Crippen LogP contribution is 2.19. The number of carboxylic acid groups (broad SMARTS) is 1. The van der Waals surface area contributed by atoms with Crippen LogP contribution in [0.5, 0.6) is 0 Å². The Kier molecular flexibility index (Phi) is 3.44. The molecule has 5 nitrogen and oxygen atoms in total. The van der Waals surface area contributed by atoms with Crippen molar-refractivity contribution in [3.8, 4) is 0 Å². The summed E-state index contributed by atoms with van der Waals surface area (Å²) in [7, 11) is 0.